The van der Waals surface area contributed by atoms with Gasteiger partial charge in [0.25, 0.3) is 11.8 Å². The molecule has 0 unspecified atom stereocenters. The highest BCUT2D eigenvalue weighted by Crippen LogP contribution is 2.49. The second-order valence-electron chi connectivity index (χ2n) is 13.7. The lowest BCUT2D eigenvalue weighted by atomic mass is 9.77. The van der Waals surface area contributed by atoms with Gasteiger partial charge in [-0.3, -0.25) is 14.6 Å². The second kappa shape index (κ2) is 14.0. The van der Waals surface area contributed by atoms with Gasteiger partial charge >= 0.3 is 0 Å². The van der Waals surface area contributed by atoms with Crippen molar-refractivity contribution in [3.8, 4) is 0 Å². The first-order valence-electron chi connectivity index (χ1n) is 16.2. The topological polar surface area (TPSA) is 138 Å². The highest BCUT2D eigenvalue weighted by atomic mass is 19.1. The molecule has 0 saturated heterocycles. The van der Waals surface area contributed by atoms with Crippen molar-refractivity contribution in [1.82, 2.24) is 15.8 Å². The van der Waals surface area contributed by atoms with E-state index in [9.17, 15) is 14.0 Å². The van der Waals surface area contributed by atoms with Gasteiger partial charge in [-0.1, -0.05) is 75.4 Å². The number of allylic oxidation sites excluding steroid dienone is 3. The molecule has 244 valence electrons. The van der Waals surface area contributed by atoms with E-state index in [-0.39, 0.29) is 35.7 Å². The number of halogens is 1. The molecular weight excluding hydrogens is 581 g/mol. The first-order chi connectivity index (χ1) is 22.0. The van der Waals surface area contributed by atoms with Crippen LogP contribution in [-0.4, -0.2) is 46.6 Å². The molecule has 5 rings (SSSR count). The smallest absolute Gasteiger partial charge is 0.275 e. The maximum atomic E-state index is 14.5. The number of hydrazine groups is 1. The fourth-order valence-electron chi connectivity index (χ4n) is 6.79. The summed E-state index contributed by atoms with van der Waals surface area (Å²) < 4.78 is 14.5. The summed E-state index contributed by atoms with van der Waals surface area (Å²) >= 11 is 0. The number of nitrogens with zero attached hydrogens (tertiary/aromatic N) is 3. The quantitative estimate of drug-likeness (QED) is 0.118. The molecule has 2 aromatic rings. The van der Waals surface area contributed by atoms with E-state index in [1.165, 1.54) is 11.6 Å². The molecule has 2 atom stereocenters. The molecule has 3 aliphatic rings. The van der Waals surface area contributed by atoms with Gasteiger partial charge in [0.2, 0.25) is 0 Å². The van der Waals surface area contributed by atoms with Crippen molar-refractivity contribution in [2.75, 3.05) is 6.54 Å². The average molecular weight is 628 g/mol. The Bertz CT molecular complexity index is 1520. The van der Waals surface area contributed by atoms with Crippen molar-refractivity contribution >= 4 is 23.4 Å². The van der Waals surface area contributed by atoms with Gasteiger partial charge in [-0.25, -0.2) is 15.8 Å². The minimum Gasteiger partial charge on any atom is -0.384 e. The SMILES string of the molecule is CC(C)(C)CC[C@H](c1ccc(C(=O)NC/C(N)=N/NN)cc1)N1C(=O)C(C2=C[C@H](F)CC=C2)=NC12CCC(c1ccccc1)CC2. The van der Waals surface area contributed by atoms with Crippen molar-refractivity contribution in [2.45, 2.75) is 89.5 Å². The number of carbonyl (C=O) groups is 2. The van der Waals surface area contributed by atoms with Gasteiger partial charge < -0.3 is 16.0 Å². The van der Waals surface area contributed by atoms with Crippen molar-refractivity contribution in [3.63, 3.8) is 0 Å². The molecule has 0 aromatic heterocycles. The van der Waals surface area contributed by atoms with Crippen molar-refractivity contribution in [2.24, 2.45) is 27.1 Å². The third-order valence-electron chi connectivity index (χ3n) is 9.21. The number of amides is 2. The molecule has 1 saturated carbocycles. The zero-order chi connectivity index (χ0) is 32.9. The first kappa shape index (κ1) is 33.1. The standard InChI is InChI=1S/C36H46FN7O2/c1-35(2,3)19-18-30(26-12-14-27(15-13-26)33(45)40-23-31(38)42-43-39)44-34(46)32(28-10-7-11-29(37)22-28)41-36(44)20-16-25(17-21-36)24-8-5-4-6-9-24/h4-10,12-15,22,25,29-30,43H,11,16-21,23,39H2,1-3H3,(H2,38,42)(H,40,45)/t25?,29-,30-,36?/m1/s1. The Morgan fingerprint density at radius 2 is 1.83 bits per heavy atom. The molecule has 1 fully saturated rings. The Hall–Kier alpha value is -4.31. The van der Waals surface area contributed by atoms with Gasteiger partial charge in [-0.2, -0.15) is 5.10 Å². The molecule has 2 aromatic carbocycles. The summed E-state index contributed by atoms with van der Waals surface area (Å²) in [7, 11) is 0. The van der Waals surface area contributed by atoms with Crippen LogP contribution in [0.2, 0.25) is 0 Å². The predicted molar refractivity (Wildman–Crippen MR) is 181 cm³/mol. The molecule has 0 bridgehead atoms. The molecule has 1 aliphatic heterocycles. The number of nitrogens with one attached hydrogen (secondary N) is 2. The lowest BCUT2D eigenvalue weighted by Gasteiger charge is -2.46. The number of benzene rings is 2. The molecule has 10 heteroatoms. The molecule has 1 spiro atoms. The van der Waals surface area contributed by atoms with Gasteiger partial charge in [0.15, 0.2) is 0 Å². The van der Waals surface area contributed by atoms with E-state index >= 15 is 0 Å². The first-order valence-corrected chi connectivity index (χ1v) is 16.2. The van der Waals surface area contributed by atoms with E-state index in [1.54, 1.807) is 18.2 Å². The van der Waals surface area contributed by atoms with Crippen LogP contribution in [0.25, 0.3) is 0 Å². The predicted octanol–water partition coefficient (Wildman–Crippen LogP) is 5.58. The maximum Gasteiger partial charge on any atom is 0.275 e. The monoisotopic (exact) mass is 627 g/mol. The summed E-state index contributed by atoms with van der Waals surface area (Å²) in [5.74, 6) is 5.23. The van der Waals surface area contributed by atoms with Crippen LogP contribution in [0.15, 0.2) is 88.5 Å². The molecule has 2 amide bonds. The molecular formula is C36H46FN7O2. The number of carbonyl (C=O) groups excluding carboxylic acids is 2. The normalized spacial score (nSPS) is 24.1. The van der Waals surface area contributed by atoms with Gasteiger partial charge in [0.1, 0.15) is 23.4 Å². The highest BCUT2D eigenvalue weighted by Gasteiger charge is 2.52. The van der Waals surface area contributed by atoms with Gasteiger partial charge in [-0.05, 0) is 79.2 Å². The Kier molecular flexibility index (Phi) is 10.1. The molecule has 46 heavy (non-hydrogen) atoms. The summed E-state index contributed by atoms with van der Waals surface area (Å²) in [6.45, 7) is 6.62. The second-order valence-corrected chi connectivity index (χ2v) is 13.7. The van der Waals surface area contributed by atoms with Crippen LogP contribution < -0.4 is 22.4 Å². The number of hydrogen-bond acceptors (Lipinski definition) is 6. The number of hydrazone groups is 1. The van der Waals surface area contributed by atoms with E-state index in [1.807, 2.05) is 29.2 Å². The van der Waals surface area contributed by atoms with E-state index in [2.05, 4.69) is 61.0 Å². The van der Waals surface area contributed by atoms with E-state index in [4.69, 9.17) is 16.6 Å². The van der Waals surface area contributed by atoms with Gasteiger partial charge in [0.05, 0.1) is 12.6 Å². The lowest BCUT2D eigenvalue weighted by molar-refractivity contribution is -0.133. The maximum absolute atomic E-state index is 14.5. The molecule has 9 nitrogen and oxygen atoms in total. The Labute approximate surface area is 271 Å². The van der Waals surface area contributed by atoms with Crippen molar-refractivity contribution < 1.29 is 14.0 Å². The van der Waals surface area contributed by atoms with Gasteiger partial charge in [0, 0.05) is 17.6 Å². The van der Waals surface area contributed by atoms with Crippen LogP contribution in [0.1, 0.15) is 99.2 Å². The number of alkyl halides is 1. The Morgan fingerprint density at radius 1 is 1.13 bits per heavy atom. The highest BCUT2D eigenvalue weighted by molar-refractivity contribution is 6.47. The largest absolute Gasteiger partial charge is 0.384 e. The Balaban J connectivity index is 1.49. The van der Waals surface area contributed by atoms with E-state index < -0.39 is 11.8 Å². The van der Waals surface area contributed by atoms with E-state index in [0.29, 0.717) is 48.4 Å². The average Bonchev–Trinajstić information content (AvgIpc) is 3.31. The van der Waals surface area contributed by atoms with Crippen molar-refractivity contribution in [3.05, 3.63) is 95.1 Å². The van der Waals surface area contributed by atoms with Crippen LogP contribution in [-0.2, 0) is 4.79 Å². The van der Waals surface area contributed by atoms with Crippen LogP contribution in [0.3, 0.4) is 0 Å². The molecule has 1 heterocycles. The fraction of sp³-hybridized carbons (Fsp3) is 0.444. The minimum atomic E-state index is -1.14. The number of amidine groups is 1. The number of rotatable bonds is 10. The third-order valence-corrected chi connectivity index (χ3v) is 9.21. The van der Waals surface area contributed by atoms with Crippen LogP contribution in [0.5, 0.6) is 0 Å². The summed E-state index contributed by atoms with van der Waals surface area (Å²) in [4.78, 5) is 34.6. The summed E-state index contributed by atoms with van der Waals surface area (Å²) in [6, 6.07) is 17.6. The Morgan fingerprint density at radius 3 is 2.46 bits per heavy atom. The van der Waals surface area contributed by atoms with Crippen LogP contribution >= 0.6 is 0 Å². The molecule has 0 radical (unpaired) electrons. The minimum absolute atomic E-state index is 0.0264. The molecule has 6 N–H and O–H groups in total. The van der Waals surface area contributed by atoms with Gasteiger partial charge in [-0.15, -0.1) is 0 Å². The summed E-state index contributed by atoms with van der Waals surface area (Å²) in [5, 5.41) is 6.39. The van der Waals surface area contributed by atoms with E-state index in [0.717, 1.165) is 24.8 Å². The number of aliphatic imine (C=N–C) groups is 1. The fourth-order valence-corrected chi connectivity index (χ4v) is 6.79. The van der Waals surface area contributed by atoms with Crippen molar-refractivity contribution in [1.29, 1.82) is 0 Å². The lowest BCUT2D eigenvalue weighted by Crippen LogP contribution is -2.50. The summed E-state index contributed by atoms with van der Waals surface area (Å²) in [5.41, 5.74) is 10.7. The van der Waals surface area contributed by atoms with Crippen LogP contribution in [0, 0.1) is 5.41 Å². The summed E-state index contributed by atoms with van der Waals surface area (Å²) in [6.07, 6.45) is 9.09. The van der Waals surface area contributed by atoms with Crippen LogP contribution in [0.4, 0.5) is 4.39 Å². The third kappa shape index (κ3) is 7.55. The molecule has 2 aliphatic carbocycles. The number of hydrogen-bond donors (Lipinski definition) is 4. The zero-order valence-corrected chi connectivity index (χ0v) is 27.0. The zero-order valence-electron chi connectivity index (χ0n) is 27.0. The number of nitrogens with two attached hydrogens (primary N) is 2.